The van der Waals surface area contributed by atoms with E-state index in [1.54, 1.807) is 0 Å². The average Bonchev–Trinajstić information content (AvgIpc) is 3.62. The summed E-state index contributed by atoms with van der Waals surface area (Å²) in [5.41, 5.74) is 12.0. The molecular weight excluding hydrogens is 631 g/mol. The highest BCUT2D eigenvalue weighted by Crippen LogP contribution is 2.47. The summed E-state index contributed by atoms with van der Waals surface area (Å²) in [4.78, 5) is 2.41. The van der Waals surface area contributed by atoms with Crippen LogP contribution in [-0.4, -0.2) is 0 Å². The van der Waals surface area contributed by atoms with Crippen molar-refractivity contribution < 1.29 is 4.42 Å². The number of nitrogens with zero attached hydrogens (tertiary/aromatic N) is 1. The Morgan fingerprint density at radius 3 is 1.77 bits per heavy atom. The van der Waals surface area contributed by atoms with Crippen LogP contribution in [0.25, 0.3) is 76.9 Å². The minimum atomic E-state index is 0.865. The lowest BCUT2D eigenvalue weighted by Gasteiger charge is -2.29. The summed E-state index contributed by atoms with van der Waals surface area (Å²) < 4.78 is 6.71. The van der Waals surface area contributed by atoms with Crippen molar-refractivity contribution in [3.05, 3.63) is 200 Å². The first-order valence-corrected chi connectivity index (χ1v) is 17.8. The van der Waals surface area contributed by atoms with Gasteiger partial charge in [0.15, 0.2) is 0 Å². The summed E-state index contributed by atoms with van der Waals surface area (Å²) in [6, 6.07) is 71.7. The molecule has 244 valence electrons. The molecule has 0 fully saturated rings. The van der Waals surface area contributed by atoms with Crippen LogP contribution < -0.4 is 4.90 Å². The van der Waals surface area contributed by atoms with Crippen LogP contribution in [0.15, 0.2) is 205 Å². The van der Waals surface area contributed by atoms with E-state index in [0.717, 1.165) is 55.5 Å². The lowest BCUT2D eigenvalue weighted by atomic mass is 9.95. The Morgan fingerprint density at radius 1 is 0.346 bits per heavy atom. The van der Waals surface area contributed by atoms with Crippen LogP contribution in [0, 0.1) is 0 Å². The Balaban J connectivity index is 1.22. The zero-order chi connectivity index (χ0) is 34.4. The standard InChI is InChI=1S/C50H33NO/c1-3-12-34(13-4-1)41-27-31-46(45(33-41)37-15-5-2-6-16-37)51(42-28-24-36(25-29-42)40-23-22-35-14-7-8-18-39(35)32-40)47-20-11-21-48-49(47)44-30-26-38-17-9-10-19-43(38)50(44)52-48/h1-33H. The first-order valence-electron chi connectivity index (χ1n) is 17.8. The highest BCUT2D eigenvalue weighted by atomic mass is 16.3. The number of hydrogen-bond donors (Lipinski definition) is 0. The van der Waals surface area contributed by atoms with Gasteiger partial charge in [0.25, 0.3) is 0 Å². The molecule has 0 atom stereocenters. The zero-order valence-corrected chi connectivity index (χ0v) is 28.4. The fraction of sp³-hybridized carbons (Fsp3) is 0. The maximum Gasteiger partial charge on any atom is 0.143 e. The third-order valence-corrected chi connectivity index (χ3v) is 10.2. The molecule has 52 heavy (non-hydrogen) atoms. The molecule has 0 saturated heterocycles. The molecule has 0 amide bonds. The summed E-state index contributed by atoms with van der Waals surface area (Å²) in [6.07, 6.45) is 0. The van der Waals surface area contributed by atoms with Crippen molar-refractivity contribution in [2.75, 3.05) is 4.90 Å². The van der Waals surface area contributed by atoms with Crippen LogP contribution in [0.1, 0.15) is 0 Å². The summed E-state index contributed by atoms with van der Waals surface area (Å²) >= 11 is 0. The molecule has 2 heteroatoms. The number of anilines is 3. The van der Waals surface area contributed by atoms with Gasteiger partial charge in [0, 0.05) is 22.0 Å². The molecule has 0 saturated carbocycles. The fourth-order valence-electron chi connectivity index (χ4n) is 7.69. The van der Waals surface area contributed by atoms with Gasteiger partial charge in [-0.25, -0.2) is 0 Å². The molecule has 0 aliphatic carbocycles. The third kappa shape index (κ3) is 5.12. The quantitative estimate of drug-likeness (QED) is 0.176. The van der Waals surface area contributed by atoms with Crippen molar-refractivity contribution in [3.63, 3.8) is 0 Å². The second kappa shape index (κ2) is 12.5. The molecule has 9 aromatic carbocycles. The van der Waals surface area contributed by atoms with Gasteiger partial charge in [-0.3, -0.25) is 0 Å². The SMILES string of the molecule is c1ccc(-c2ccc(N(c3ccc(-c4ccc5ccccc5c4)cc3)c3cccc4oc5c6ccccc6ccc5c34)c(-c3ccccc3)c2)cc1. The third-order valence-electron chi connectivity index (χ3n) is 10.2. The first kappa shape index (κ1) is 30.0. The highest BCUT2D eigenvalue weighted by Gasteiger charge is 2.23. The molecule has 1 heterocycles. The van der Waals surface area contributed by atoms with E-state index in [4.69, 9.17) is 4.42 Å². The van der Waals surface area contributed by atoms with Crippen LogP contribution in [0.3, 0.4) is 0 Å². The van der Waals surface area contributed by atoms with Gasteiger partial charge >= 0.3 is 0 Å². The fourth-order valence-corrected chi connectivity index (χ4v) is 7.69. The lowest BCUT2D eigenvalue weighted by molar-refractivity contribution is 0.672. The normalized spacial score (nSPS) is 11.5. The molecule has 0 radical (unpaired) electrons. The molecule has 0 aliphatic rings. The molecule has 0 spiro atoms. The van der Waals surface area contributed by atoms with Crippen molar-refractivity contribution in [1.29, 1.82) is 0 Å². The molecule has 0 bridgehead atoms. The summed E-state index contributed by atoms with van der Waals surface area (Å²) in [5.74, 6) is 0. The molecule has 0 unspecified atom stereocenters. The summed E-state index contributed by atoms with van der Waals surface area (Å²) in [6.45, 7) is 0. The molecule has 1 aromatic heterocycles. The van der Waals surface area contributed by atoms with E-state index >= 15 is 0 Å². The van der Waals surface area contributed by atoms with Crippen molar-refractivity contribution in [2.45, 2.75) is 0 Å². The number of fused-ring (bicyclic) bond motifs is 6. The molecular formula is C50H33NO. The predicted molar refractivity (Wildman–Crippen MR) is 220 cm³/mol. The van der Waals surface area contributed by atoms with Gasteiger partial charge in [0.2, 0.25) is 0 Å². The monoisotopic (exact) mass is 663 g/mol. The van der Waals surface area contributed by atoms with Crippen molar-refractivity contribution in [1.82, 2.24) is 0 Å². The van der Waals surface area contributed by atoms with Crippen LogP contribution in [0.4, 0.5) is 17.1 Å². The van der Waals surface area contributed by atoms with E-state index in [2.05, 4.69) is 205 Å². The van der Waals surface area contributed by atoms with Crippen LogP contribution in [0.5, 0.6) is 0 Å². The van der Waals surface area contributed by atoms with Gasteiger partial charge in [-0.05, 0) is 92.5 Å². The van der Waals surface area contributed by atoms with Crippen LogP contribution in [0.2, 0.25) is 0 Å². The maximum absolute atomic E-state index is 6.71. The van der Waals surface area contributed by atoms with Crippen molar-refractivity contribution in [3.8, 4) is 33.4 Å². The van der Waals surface area contributed by atoms with E-state index in [1.807, 2.05) is 0 Å². The van der Waals surface area contributed by atoms with E-state index in [0.29, 0.717) is 0 Å². The Hall–Kier alpha value is -6.90. The van der Waals surface area contributed by atoms with Gasteiger partial charge in [-0.2, -0.15) is 0 Å². The number of furan rings is 1. The average molecular weight is 664 g/mol. The minimum Gasteiger partial charge on any atom is -0.455 e. The summed E-state index contributed by atoms with van der Waals surface area (Å²) in [5, 5.41) is 6.96. The summed E-state index contributed by atoms with van der Waals surface area (Å²) in [7, 11) is 0. The van der Waals surface area contributed by atoms with Crippen LogP contribution >= 0.6 is 0 Å². The van der Waals surface area contributed by atoms with E-state index in [1.165, 1.54) is 38.4 Å². The minimum absolute atomic E-state index is 0.865. The van der Waals surface area contributed by atoms with E-state index in [9.17, 15) is 0 Å². The van der Waals surface area contributed by atoms with Gasteiger partial charge in [0.05, 0.1) is 16.8 Å². The molecule has 0 aliphatic heterocycles. The Morgan fingerprint density at radius 2 is 0.962 bits per heavy atom. The predicted octanol–water partition coefficient (Wildman–Crippen LogP) is 14.4. The largest absolute Gasteiger partial charge is 0.455 e. The molecule has 10 aromatic rings. The topological polar surface area (TPSA) is 16.4 Å². The van der Waals surface area contributed by atoms with Crippen molar-refractivity contribution >= 4 is 60.5 Å². The highest BCUT2D eigenvalue weighted by molar-refractivity contribution is 6.20. The lowest BCUT2D eigenvalue weighted by Crippen LogP contribution is -2.11. The second-order valence-corrected chi connectivity index (χ2v) is 13.3. The number of rotatable bonds is 6. The Kier molecular flexibility index (Phi) is 7.18. The Bertz CT molecular complexity index is 2890. The number of benzene rings is 9. The smallest absolute Gasteiger partial charge is 0.143 e. The molecule has 10 rings (SSSR count). The van der Waals surface area contributed by atoms with E-state index < -0.39 is 0 Å². The van der Waals surface area contributed by atoms with Crippen LogP contribution in [-0.2, 0) is 0 Å². The first-order chi connectivity index (χ1) is 25.8. The molecule has 2 nitrogen and oxygen atoms in total. The zero-order valence-electron chi connectivity index (χ0n) is 28.4. The number of hydrogen-bond acceptors (Lipinski definition) is 2. The second-order valence-electron chi connectivity index (χ2n) is 13.3. The van der Waals surface area contributed by atoms with Crippen molar-refractivity contribution in [2.24, 2.45) is 0 Å². The van der Waals surface area contributed by atoms with Gasteiger partial charge in [-0.1, -0.05) is 152 Å². The van der Waals surface area contributed by atoms with E-state index in [-0.39, 0.29) is 0 Å². The maximum atomic E-state index is 6.71. The van der Waals surface area contributed by atoms with Gasteiger partial charge in [-0.15, -0.1) is 0 Å². The van der Waals surface area contributed by atoms with Gasteiger partial charge < -0.3 is 9.32 Å². The van der Waals surface area contributed by atoms with Gasteiger partial charge in [0.1, 0.15) is 11.2 Å². The Labute approximate surface area is 302 Å². The molecule has 0 N–H and O–H groups in total.